The summed E-state index contributed by atoms with van der Waals surface area (Å²) in [6, 6.07) is 8.20. The van der Waals surface area contributed by atoms with Crippen LogP contribution in [0.15, 0.2) is 36.7 Å². The molecule has 0 aliphatic heterocycles. The largest absolute Gasteiger partial charge is 0.330 e. The summed E-state index contributed by atoms with van der Waals surface area (Å²) in [6.07, 6.45) is 3.64. The molecule has 5 heteroatoms. The van der Waals surface area contributed by atoms with Crippen LogP contribution in [0.5, 0.6) is 0 Å². The van der Waals surface area contributed by atoms with Crippen molar-refractivity contribution >= 4 is 11.0 Å². The number of para-hydroxylation sites is 2. The Bertz CT molecular complexity index is 745. The Balaban J connectivity index is 1.75. The third-order valence-electron chi connectivity index (χ3n) is 3.56. The van der Waals surface area contributed by atoms with Crippen molar-refractivity contribution in [2.45, 2.75) is 20.0 Å². The Morgan fingerprint density at radius 3 is 2.62 bits per heavy atom. The minimum absolute atomic E-state index is 0.760. The average Bonchev–Trinajstić information content (AvgIpc) is 2.78. The van der Waals surface area contributed by atoms with Crippen LogP contribution in [-0.2, 0) is 20.1 Å². The Morgan fingerprint density at radius 1 is 1.10 bits per heavy atom. The topological polar surface area (TPSA) is 46.8 Å². The summed E-state index contributed by atoms with van der Waals surface area (Å²) in [4.78, 5) is 15.6. The van der Waals surface area contributed by atoms with Crippen LogP contribution in [0.2, 0.25) is 0 Å². The highest BCUT2D eigenvalue weighted by molar-refractivity contribution is 5.75. The molecule has 0 amide bonds. The summed E-state index contributed by atoms with van der Waals surface area (Å²) in [5.74, 6) is 1.05. The van der Waals surface area contributed by atoms with E-state index >= 15 is 0 Å². The van der Waals surface area contributed by atoms with E-state index in [0.29, 0.717) is 0 Å². The molecule has 0 bridgehead atoms. The number of hydrogen-bond donors (Lipinski definition) is 0. The van der Waals surface area contributed by atoms with Gasteiger partial charge < -0.3 is 4.57 Å². The summed E-state index contributed by atoms with van der Waals surface area (Å²) in [7, 11) is 4.13. The van der Waals surface area contributed by atoms with Gasteiger partial charge in [0.2, 0.25) is 0 Å². The van der Waals surface area contributed by atoms with Gasteiger partial charge in [-0.15, -0.1) is 0 Å². The Morgan fingerprint density at radius 2 is 1.90 bits per heavy atom. The van der Waals surface area contributed by atoms with Crippen molar-refractivity contribution in [3.05, 3.63) is 53.9 Å². The van der Waals surface area contributed by atoms with Gasteiger partial charge in [0, 0.05) is 26.0 Å². The fourth-order valence-electron chi connectivity index (χ4n) is 2.41. The van der Waals surface area contributed by atoms with E-state index in [9.17, 15) is 0 Å². The highest BCUT2D eigenvalue weighted by Gasteiger charge is 2.10. The zero-order valence-electron chi connectivity index (χ0n) is 12.6. The second kappa shape index (κ2) is 5.61. The lowest BCUT2D eigenvalue weighted by atomic mass is 10.3. The van der Waals surface area contributed by atoms with Crippen LogP contribution in [0.1, 0.15) is 17.2 Å². The van der Waals surface area contributed by atoms with E-state index in [4.69, 9.17) is 4.98 Å². The van der Waals surface area contributed by atoms with Crippen molar-refractivity contribution in [1.29, 1.82) is 0 Å². The quantitative estimate of drug-likeness (QED) is 0.736. The van der Waals surface area contributed by atoms with E-state index in [2.05, 4.69) is 39.6 Å². The van der Waals surface area contributed by atoms with E-state index in [1.54, 1.807) is 6.20 Å². The maximum absolute atomic E-state index is 4.69. The molecule has 1 aromatic carbocycles. The van der Waals surface area contributed by atoms with Gasteiger partial charge in [-0.2, -0.15) is 0 Å². The average molecular weight is 281 g/mol. The lowest BCUT2D eigenvalue weighted by Gasteiger charge is -2.15. The highest BCUT2D eigenvalue weighted by Crippen LogP contribution is 2.15. The van der Waals surface area contributed by atoms with Crippen molar-refractivity contribution in [3.8, 4) is 0 Å². The molecule has 2 heterocycles. The lowest BCUT2D eigenvalue weighted by molar-refractivity contribution is 0.303. The van der Waals surface area contributed by atoms with Gasteiger partial charge in [-0.05, 0) is 26.1 Å². The predicted octanol–water partition coefficient (Wildman–Crippen LogP) is 2.30. The fourth-order valence-corrected chi connectivity index (χ4v) is 2.41. The lowest BCUT2D eigenvalue weighted by Crippen LogP contribution is -2.20. The molecule has 108 valence electrons. The van der Waals surface area contributed by atoms with Crippen molar-refractivity contribution in [2.75, 3.05) is 7.05 Å². The Hall–Kier alpha value is -2.27. The maximum Gasteiger partial charge on any atom is 0.123 e. The fraction of sp³-hybridized carbons (Fsp3) is 0.312. The molecule has 0 atom stereocenters. The molecule has 21 heavy (non-hydrogen) atoms. The molecule has 0 radical (unpaired) electrons. The first kappa shape index (κ1) is 13.7. The van der Waals surface area contributed by atoms with E-state index in [-0.39, 0.29) is 0 Å². The first-order valence-corrected chi connectivity index (χ1v) is 7.00. The first-order chi connectivity index (χ1) is 10.1. The number of aromatic nitrogens is 4. The summed E-state index contributed by atoms with van der Waals surface area (Å²) >= 11 is 0. The van der Waals surface area contributed by atoms with Crippen LogP contribution in [-0.4, -0.2) is 31.5 Å². The minimum atomic E-state index is 0.760. The van der Waals surface area contributed by atoms with Gasteiger partial charge in [0.25, 0.3) is 0 Å². The second-order valence-corrected chi connectivity index (χ2v) is 5.40. The molecule has 0 spiro atoms. The van der Waals surface area contributed by atoms with Crippen LogP contribution < -0.4 is 0 Å². The van der Waals surface area contributed by atoms with Crippen LogP contribution in [0, 0.1) is 6.92 Å². The van der Waals surface area contributed by atoms with E-state index in [1.807, 2.05) is 31.3 Å². The van der Waals surface area contributed by atoms with E-state index in [0.717, 1.165) is 41.3 Å². The molecule has 3 aromatic rings. The van der Waals surface area contributed by atoms with Crippen LogP contribution in [0.3, 0.4) is 0 Å². The monoisotopic (exact) mass is 281 g/mol. The molecule has 0 fully saturated rings. The predicted molar refractivity (Wildman–Crippen MR) is 82.7 cm³/mol. The summed E-state index contributed by atoms with van der Waals surface area (Å²) in [5, 5.41) is 0. The van der Waals surface area contributed by atoms with Crippen molar-refractivity contribution in [3.63, 3.8) is 0 Å². The minimum Gasteiger partial charge on any atom is -0.330 e. The van der Waals surface area contributed by atoms with Gasteiger partial charge in [-0.1, -0.05) is 12.1 Å². The van der Waals surface area contributed by atoms with Crippen LogP contribution >= 0.6 is 0 Å². The second-order valence-electron chi connectivity index (χ2n) is 5.40. The molecule has 5 nitrogen and oxygen atoms in total. The Labute approximate surface area is 124 Å². The first-order valence-electron chi connectivity index (χ1n) is 7.00. The molecule has 0 aliphatic rings. The van der Waals surface area contributed by atoms with Gasteiger partial charge in [0.1, 0.15) is 5.82 Å². The molecular formula is C16H19N5. The summed E-state index contributed by atoms with van der Waals surface area (Å²) < 4.78 is 2.15. The molecule has 0 aliphatic carbocycles. The molecule has 0 saturated carbocycles. The van der Waals surface area contributed by atoms with Crippen molar-refractivity contribution in [2.24, 2.45) is 7.05 Å². The zero-order valence-corrected chi connectivity index (χ0v) is 12.6. The molecule has 3 rings (SSSR count). The molecule has 0 saturated heterocycles. The van der Waals surface area contributed by atoms with Gasteiger partial charge in [-0.25, -0.2) is 4.98 Å². The van der Waals surface area contributed by atoms with E-state index < -0.39 is 0 Å². The smallest absolute Gasteiger partial charge is 0.123 e. The highest BCUT2D eigenvalue weighted by atomic mass is 15.2. The van der Waals surface area contributed by atoms with Crippen molar-refractivity contribution in [1.82, 2.24) is 24.4 Å². The van der Waals surface area contributed by atoms with Crippen molar-refractivity contribution < 1.29 is 0 Å². The van der Waals surface area contributed by atoms with Gasteiger partial charge in [0.15, 0.2) is 0 Å². The third kappa shape index (κ3) is 2.92. The Kier molecular flexibility index (Phi) is 3.66. The SMILES string of the molecule is Cc1cnc(CN(C)Cc2nc3ccccc3n2C)cn1. The van der Waals surface area contributed by atoms with Crippen LogP contribution in [0.4, 0.5) is 0 Å². The van der Waals surface area contributed by atoms with Crippen LogP contribution in [0.25, 0.3) is 11.0 Å². The molecule has 0 unspecified atom stereocenters. The maximum atomic E-state index is 4.69. The molecular weight excluding hydrogens is 262 g/mol. The zero-order chi connectivity index (χ0) is 14.8. The number of hydrogen-bond acceptors (Lipinski definition) is 4. The summed E-state index contributed by atoms with van der Waals surface area (Å²) in [6.45, 7) is 3.48. The number of imidazole rings is 1. The van der Waals surface area contributed by atoms with E-state index in [1.165, 1.54) is 0 Å². The normalized spacial score (nSPS) is 11.4. The van der Waals surface area contributed by atoms with Gasteiger partial charge in [0.05, 0.1) is 29.0 Å². The van der Waals surface area contributed by atoms with Gasteiger partial charge >= 0.3 is 0 Å². The number of rotatable bonds is 4. The number of fused-ring (bicyclic) bond motifs is 1. The van der Waals surface area contributed by atoms with Gasteiger partial charge in [-0.3, -0.25) is 14.9 Å². The summed E-state index contributed by atoms with van der Waals surface area (Å²) in [5.41, 5.74) is 4.12. The number of nitrogens with zero attached hydrogens (tertiary/aromatic N) is 5. The molecule has 2 aromatic heterocycles. The molecule has 0 N–H and O–H groups in total. The number of benzene rings is 1. The number of aryl methyl sites for hydroxylation is 2. The standard InChI is InChI=1S/C16H19N5/c1-12-8-18-13(9-17-12)10-20(2)11-16-19-14-6-4-5-7-15(14)21(16)3/h4-9H,10-11H2,1-3H3. The third-order valence-corrected chi connectivity index (χ3v) is 3.56.